The molecule has 0 bridgehead atoms. The van der Waals surface area contributed by atoms with Crippen LogP contribution in [0.4, 0.5) is 0 Å². The second kappa shape index (κ2) is 8.50. The number of hydrogen-bond donors (Lipinski definition) is 1. The molecule has 0 aliphatic heterocycles. The quantitative estimate of drug-likeness (QED) is 0.568. The Labute approximate surface area is 186 Å². The summed E-state index contributed by atoms with van der Waals surface area (Å²) in [7, 11) is 0. The van der Waals surface area contributed by atoms with Crippen molar-refractivity contribution in [2.45, 2.75) is 59.4 Å². The summed E-state index contributed by atoms with van der Waals surface area (Å²) < 4.78 is 2.87. The maximum Gasteiger partial charge on any atom is 0.256 e. The lowest BCUT2D eigenvalue weighted by atomic mass is 9.78. The van der Waals surface area contributed by atoms with Crippen molar-refractivity contribution in [2.75, 3.05) is 0 Å². The maximum absolute atomic E-state index is 13.1. The number of nitrogens with zero attached hydrogens (tertiary/aromatic N) is 3. The van der Waals surface area contributed by atoms with Crippen LogP contribution in [-0.4, -0.2) is 26.5 Å². The van der Waals surface area contributed by atoms with E-state index < -0.39 is 0 Å². The highest BCUT2D eigenvalue weighted by Crippen LogP contribution is 2.30. The average Bonchev–Trinajstić information content (AvgIpc) is 3.13. The van der Waals surface area contributed by atoms with Crippen molar-refractivity contribution in [3.8, 4) is 0 Å². The number of halogens is 1. The van der Waals surface area contributed by atoms with Gasteiger partial charge in [0.2, 0.25) is 0 Å². The number of nitrogens with one attached hydrogen (secondary N) is 1. The van der Waals surface area contributed by atoms with E-state index in [0.29, 0.717) is 23.0 Å². The van der Waals surface area contributed by atoms with Gasteiger partial charge in [0.25, 0.3) is 5.91 Å². The molecule has 3 aromatic rings. The highest BCUT2D eigenvalue weighted by molar-refractivity contribution is 9.10. The Morgan fingerprint density at radius 1 is 1.27 bits per heavy atom. The van der Waals surface area contributed by atoms with Gasteiger partial charge in [-0.25, -0.2) is 9.50 Å². The van der Waals surface area contributed by atoms with Crippen molar-refractivity contribution >= 4 is 27.5 Å². The lowest BCUT2D eigenvalue weighted by Gasteiger charge is -2.34. The number of amides is 1. The number of aryl methyl sites for hydroxylation is 2. The molecular weight excluding hydrogens is 440 g/mol. The Morgan fingerprint density at radius 3 is 2.83 bits per heavy atom. The molecule has 3 atom stereocenters. The normalized spacial score (nSPS) is 21.7. The molecule has 2 heterocycles. The summed E-state index contributed by atoms with van der Waals surface area (Å²) in [4.78, 5) is 17.9. The average molecular weight is 469 g/mol. The van der Waals surface area contributed by atoms with Gasteiger partial charge in [0, 0.05) is 28.3 Å². The van der Waals surface area contributed by atoms with E-state index in [1.54, 1.807) is 6.20 Å². The zero-order chi connectivity index (χ0) is 21.4. The molecule has 1 amide bonds. The second-order valence-electron chi connectivity index (χ2n) is 8.71. The molecule has 1 aliphatic carbocycles. The van der Waals surface area contributed by atoms with E-state index in [1.165, 1.54) is 18.4 Å². The minimum absolute atomic E-state index is 0.0676. The Hall–Kier alpha value is -2.21. The minimum atomic E-state index is -0.0676. The first-order valence-corrected chi connectivity index (χ1v) is 11.5. The molecule has 0 saturated heterocycles. The van der Waals surface area contributed by atoms with Crippen LogP contribution in [0.3, 0.4) is 0 Å². The molecule has 4 rings (SSSR count). The van der Waals surface area contributed by atoms with E-state index >= 15 is 0 Å². The van der Waals surface area contributed by atoms with E-state index in [0.717, 1.165) is 34.3 Å². The summed E-state index contributed by atoms with van der Waals surface area (Å²) in [6.07, 6.45) is 5.88. The lowest BCUT2D eigenvalue weighted by Crippen LogP contribution is -2.43. The smallest absolute Gasteiger partial charge is 0.256 e. The molecule has 3 unspecified atom stereocenters. The van der Waals surface area contributed by atoms with Crippen LogP contribution in [0.15, 0.2) is 34.9 Å². The molecule has 0 radical (unpaired) electrons. The largest absolute Gasteiger partial charge is 0.349 e. The van der Waals surface area contributed by atoms with Gasteiger partial charge < -0.3 is 5.32 Å². The summed E-state index contributed by atoms with van der Waals surface area (Å²) in [5, 5.41) is 7.77. The molecule has 30 heavy (non-hydrogen) atoms. The van der Waals surface area contributed by atoms with Gasteiger partial charge in [0.05, 0.1) is 6.20 Å². The van der Waals surface area contributed by atoms with Gasteiger partial charge in [-0.15, -0.1) is 0 Å². The maximum atomic E-state index is 13.1. The van der Waals surface area contributed by atoms with E-state index in [2.05, 4.69) is 59.2 Å². The zero-order valence-corrected chi connectivity index (χ0v) is 19.7. The highest BCUT2D eigenvalue weighted by Gasteiger charge is 2.29. The summed E-state index contributed by atoms with van der Waals surface area (Å²) in [6.45, 7) is 8.58. The van der Waals surface area contributed by atoms with Gasteiger partial charge in [0.15, 0.2) is 5.65 Å². The van der Waals surface area contributed by atoms with Crippen LogP contribution in [0.1, 0.15) is 66.0 Å². The van der Waals surface area contributed by atoms with E-state index in [1.807, 2.05) is 23.6 Å². The van der Waals surface area contributed by atoms with Gasteiger partial charge in [0.1, 0.15) is 5.56 Å². The summed E-state index contributed by atoms with van der Waals surface area (Å²) in [5.41, 5.74) is 5.51. The lowest BCUT2D eigenvalue weighted by molar-refractivity contribution is 0.0892. The van der Waals surface area contributed by atoms with Crippen molar-refractivity contribution in [3.05, 3.63) is 63.0 Å². The van der Waals surface area contributed by atoms with Crippen molar-refractivity contribution in [1.29, 1.82) is 0 Å². The predicted octanol–water partition coefficient (Wildman–Crippen LogP) is 5.25. The van der Waals surface area contributed by atoms with Crippen LogP contribution in [0, 0.1) is 25.7 Å². The third-order valence-corrected chi connectivity index (χ3v) is 7.24. The molecule has 2 aromatic heterocycles. The molecule has 158 valence electrons. The topological polar surface area (TPSA) is 59.3 Å². The zero-order valence-electron chi connectivity index (χ0n) is 18.1. The van der Waals surface area contributed by atoms with Gasteiger partial charge >= 0.3 is 0 Å². The van der Waals surface area contributed by atoms with Crippen LogP contribution >= 0.6 is 15.9 Å². The first-order chi connectivity index (χ1) is 14.3. The molecule has 1 aliphatic rings. The Bertz CT molecular complexity index is 1090. The van der Waals surface area contributed by atoms with Crippen LogP contribution < -0.4 is 5.32 Å². The monoisotopic (exact) mass is 468 g/mol. The van der Waals surface area contributed by atoms with Gasteiger partial charge in [-0.3, -0.25) is 4.79 Å². The third kappa shape index (κ3) is 4.02. The van der Waals surface area contributed by atoms with Gasteiger partial charge in [-0.05, 0) is 55.4 Å². The van der Waals surface area contributed by atoms with Crippen molar-refractivity contribution in [3.63, 3.8) is 0 Å². The second-order valence-corrected chi connectivity index (χ2v) is 9.62. The first-order valence-electron chi connectivity index (χ1n) is 10.7. The van der Waals surface area contributed by atoms with Crippen molar-refractivity contribution < 1.29 is 4.79 Å². The number of fused-ring (bicyclic) bond motifs is 1. The van der Waals surface area contributed by atoms with Crippen molar-refractivity contribution in [2.24, 2.45) is 11.8 Å². The molecule has 1 N–H and O–H groups in total. The van der Waals surface area contributed by atoms with E-state index in [-0.39, 0.29) is 11.9 Å². The number of aromatic nitrogens is 3. The summed E-state index contributed by atoms with van der Waals surface area (Å²) >= 11 is 3.54. The van der Waals surface area contributed by atoms with Crippen LogP contribution in [0.5, 0.6) is 0 Å². The molecule has 6 heteroatoms. The summed E-state index contributed by atoms with van der Waals surface area (Å²) in [6, 6.07) is 8.52. The number of rotatable bonds is 4. The Balaban J connectivity index is 1.63. The SMILES string of the molecule is Cc1nc2c(C(=O)NC3CCCC(C)C3C)cnn2c(C)c1Cc1cccc(Br)c1. The van der Waals surface area contributed by atoms with E-state index in [4.69, 9.17) is 4.98 Å². The number of benzene rings is 1. The fraction of sp³-hybridized carbons (Fsp3) is 0.458. The molecule has 1 fully saturated rings. The van der Waals surface area contributed by atoms with Crippen LogP contribution in [-0.2, 0) is 6.42 Å². The number of carbonyl (C=O) groups excluding carboxylic acids is 1. The minimum Gasteiger partial charge on any atom is -0.349 e. The number of hydrogen-bond acceptors (Lipinski definition) is 3. The fourth-order valence-electron chi connectivity index (χ4n) is 4.61. The molecule has 1 aromatic carbocycles. The molecule has 1 saturated carbocycles. The van der Waals surface area contributed by atoms with Crippen LogP contribution in [0.25, 0.3) is 5.65 Å². The van der Waals surface area contributed by atoms with Gasteiger partial charge in [-0.2, -0.15) is 5.10 Å². The summed E-state index contributed by atoms with van der Waals surface area (Å²) in [5.74, 6) is 1.05. The highest BCUT2D eigenvalue weighted by atomic mass is 79.9. The predicted molar refractivity (Wildman–Crippen MR) is 123 cm³/mol. The van der Waals surface area contributed by atoms with Gasteiger partial charge in [-0.1, -0.05) is 54.8 Å². The molecule has 0 spiro atoms. The van der Waals surface area contributed by atoms with E-state index in [9.17, 15) is 4.79 Å². The van der Waals surface area contributed by atoms with Crippen molar-refractivity contribution in [1.82, 2.24) is 19.9 Å². The Kier molecular flexibility index (Phi) is 5.96. The van der Waals surface area contributed by atoms with Crippen LogP contribution in [0.2, 0.25) is 0 Å². The number of carbonyl (C=O) groups is 1. The first kappa shape index (κ1) is 21.0. The molecular formula is C24H29BrN4O. The third-order valence-electron chi connectivity index (χ3n) is 6.75. The standard InChI is InChI=1S/C24H29BrN4O/c1-14-7-5-10-22(15(14)2)28-24(30)21-13-26-29-17(4)20(16(3)27-23(21)29)12-18-8-6-9-19(25)11-18/h6,8-9,11,13-15,22H,5,7,10,12H2,1-4H3,(H,28,30). The fourth-order valence-corrected chi connectivity index (χ4v) is 5.06. The molecule has 5 nitrogen and oxygen atoms in total. The Morgan fingerprint density at radius 2 is 2.07 bits per heavy atom.